The van der Waals surface area contributed by atoms with Crippen molar-refractivity contribution in [3.8, 4) is 0 Å². The van der Waals surface area contributed by atoms with Crippen molar-refractivity contribution in [3.63, 3.8) is 0 Å². The van der Waals surface area contributed by atoms with E-state index in [2.05, 4.69) is 32.1 Å². The SMILES string of the molecule is CC[C@H](C(=O)N1CCN(c2ncnc3c2nnn3C)CC1)c1ccccc1. The van der Waals surface area contributed by atoms with Crippen LogP contribution in [0, 0.1) is 0 Å². The van der Waals surface area contributed by atoms with Crippen LogP contribution in [0.4, 0.5) is 5.82 Å². The van der Waals surface area contributed by atoms with Crippen molar-refractivity contribution in [3.05, 3.63) is 42.2 Å². The molecular weight excluding hydrogens is 342 g/mol. The van der Waals surface area contributed by atoms with Crippen molar-refractivity contribution in [2.75, 3.05) is 31.1 Å². The van der Waals surface area contributed by atoms with Crippen LogP contribution >= 0.6 is 0 Å². The molecule has 3 heterocycles. The molecule has 27 heavy (non-hydrogen) atoms. The number of rotatable bonds is 4. The molecule has 0 N–H and O–H groups in total. The molecule has 1 amide bonds. The van der Waals surface area contributed by atoms with Gasteiger partial charge in [-0.3, -0.25) is 4.79 Å². The lowest BCUT2D eigenvalue weighted by atomic mass is 9.95. The van der Waals surface area contributed by atoms with E-state index in [9.17, 15) is 4.79 Å². The maximum absolute atomic E-state index is 13.0. The molecule has 1 aliphatic heterocycles. The number of aromatic nitrogens is 5. The van der Waals surface area contributed by atoms with E-state index in [1.807, 2.05) is 42.3 Å². The molecule has 3 aromatic rings. The number of aryl methyl sites for hydroxylation is 1. The standard InChI is InChI=1S/C19H23N7O/c1-3-15(14-7-5-4-6-8-14)19(27)26-11-9-25(10-12-26)18-16-17(20-13-21-18)24(2)23-22-16/h4-8,13,15H,3,9-12H2,1-2H3/t15-/m0/s1. The summed E-state index contributed by atoms with van der Waals surface area (Å²) in [6, 6.07) is 10.0. The van der Waals surface area contributed by atoms with Crippen molar-refractivity contribution >= 4 is 22.9 Å². The summed E-state index contributed by atoms with van der Waals surface area (Å²) in [5.41, 5.74) is 2.51. The number of piperazine rings is 1. The van der Waals surface area contributed by atoms with E-state index in [1.165, 1.54) is 0 Å². The normalized spacial score (nSPS) is 15.9. The fourth-order valence-electron chi connectivity index (χ4n) is 3.67. The van der Waals surface area contributed by atoms with Gasteiger partial charge in [-0.15, -0.1) is 5.10 Å². The Hall–Kier alpha value is -3.03. The van der Waals surface area contributed by atoms with Gasteiger partial charge in [-0.2, -0.15) is 0 Å². The molecule has 1 fully saturated rings. The van der Waals surface area contributed by atoms with Crippen molar-refractivity contribution < 1.29 is 4.79 Å². The molecule has 0 radical (unpaired) electrons. The molecule has 2 aromatic heterocycles. The lowest BCUT2D eigenvalue weighted by molar-refractivity contribution is -0.133. The fourth-order valence-corrected chi connectivity index (χ4v) is 3.67. The maximum Gasteiger partial charge on any atom is 0.230 e. The highest BCUT2D eigenvalue weighted by molar-refractivity contribution is 5.85. The molecule has 8 heteroatoms. The second-order valence-corrected chi connectivity index (χ2v) is 6.77. The third kappa shape index (κ3) is 3.22. The third-order valence-electron chi connectivity index (χ3n) is 5.17. The Morgan fingerprint density at radius 3 is 2.56 bits per heavy atom. The number of carbonyl (C=O) groups is 1. The Morgan fingerprint density at radius 2 is 1.85 bits per heavy atom. The van der Waals surface area contributed by atoms with Crippen LogP contribution in [0.1, 0.15) is 24.8 Å². The van der Waals surface area contributed by atoms with Crippen molar-refractivity contribution in [1.29, 1.82) is 0 Å². The van der Waals surface area contributed by atoms with Gasteiger partial charge in [0.25, 0.3) is 0 Å². The van der Waals surface area contributed by atoms with E-state index in [1.54, 1.807) is 11.0 Å². The van der Waals surface area contributed by atoms with Crippen molar-refractivity contribution in [1.82, 2.24) is 29.9 Å². The van der Waals surface area contributed by atoms with Gasteiger partial charge in [0.1, 0.15) is 6.33 Å². The average Bonchev–Trinajstić information content (AvgIpc) is 3.11. The summed E-state index contributed by atoms with van der Waals surface area (Å²) in [5.74, 6) is 0.912. The Balaban J connectivity index is 1.47. The smallest absolute Gasteiger partial charge is 0.230 e. The zero-order chi connectivity index (χ0) is 18.8. The lowest BCUT2D eigenvalue weighted by Crippen LogP contribution is -2.50. The summed E-state index contributed by atoms with van der Waals surface area (Å²) in [7, 11) is 1.82. The van der Waals surface area contributed by atoms with Gasteiger partial charge in [-0.05, 0) is 12.0 Å². The molecular formula is C19H23N7O. The molecule has 1 aliphatic rings. The number of amides is 1. The van der Waals surface area contributed by atoms with Gasteiger partial charge >= 0.3 is 0 Å². The largest absolute Gasteiger partial charge is 0.351 e. The number of anilines is 1. The van der Waals surface area contributed by atoms with E-state index in [0.29, 0.717) is 24.3 Å². The molecule has 1 saturated heterocycles. The monoisotopic (exact) mass is 365 g/mol. The van der Waals surface area contributed by atoms with Crippen LogP contribution in [-0.4, -0.2) is 61.9 Å². The predicted octanol–water partition coefficient (Wildman–Crippen LogP) is 1.60. The van der Waals surface area contributed by atoms with Crippen LogP contribution in [-0.2, 0) is 11.8 Å². The van der Waals surface area contributed by atoms with Crippen LogP contribution < -0.4 is 4.90 Å². The first kappa shape index (κ1) is 17.4. The molecule has 4 rings (SSSR count). The molecule has 1 atom stereocenters. The first-order chi connectivity index (χ1) is 13.2. The van der Waals surface area contributed by atoms with Gasteiger partial charge in [-0.1, -0.05) is 42.5 Å². The third-order valence-corrected chi connectivity index (χ3v) is 5.17. The highest BCUT2D eigenvalue weighted by atomic mass is 16.2. The molecule has 0 aliphatic carbocycles. The number of nitrogens with zero attached hydrogens (tertiary/aromatic N) is 7. The van der Waals surface area contributed by atoms with Gasteiger partial charge in [0.2, 0.25) is 5.91 Å². The quantitative estimate of drug-likeness (QED) is 0.699. The Morgan fingerprint density at radius 1 is 1.11 bits per heavy atom. The number of hydrogen-bond acceptors (Lipinski definition) is 6. The fraction of sp³-hybridized carbons (Fsp3) is 0.421. The molecule has 0 saturated carbocycles. The minimum Gasteiger partial charge on any atom is -0.351 e. The highest BCUT2D eigenvalue weighted by Crippen LogP contribution is 2.25. The average molecular weight is 365 g/mol. The summed E-state index contributed by atoms with van der Waals surface area (Å²) in [6.45, 7) is 4.86. The summed E-state index contributed by atoms with van der Waals surface area (Å²) < 4.78 is 1.64. The minimum absolute atomic E-state index is 0.0801. The summed E-state index contributed by atoms with van der Waals surface area (Å²) >= 11 is 0. The molecule has 0 unspecified atom stereocenters. The number of fused-ring (bicyclic) bond motifs is 1. The van der Waals surface area contributed by atoms with Gasteiger partial charge in [-0.25, -0.2) is 14.6 Å². The van der Waals surface area contributed by atoms with Crippen LogP contribution in [0.15, 0.2) is 36.7 Å². The second kappa shape index (κ2) is 7.30. The number of carbonyl (C=O) groups excluding carboxylic acids is 1. The number of benzene rings is 1. The van der Waals surface area contributed by atoms with Gasteiger partial charge in [0, 0.05) is 33.2 Å². The van der Waals surface area contributed by atoms with Crippen molar-refractivity contribution in [2.24, 2.45) is 7.05 Å². The van der Waals surface area contributed by atoms with Crippen molar-refractivity contribution in [2.45, 2.75) is 19.3 Å². The molecule has 1 aromatic carbocycles. The van der Waals surface area contributed by atoms with Gasteiger partial charge < -0.3 is 9.80 Å². The molecule has 140 valence electrons. The first-order valence-corrected chi connectivity index (χ1v) is 9.28. The molecule has 0 spiro atoms. The van der Waals surface area contributed by atoms with Gasteiger partial charge in [0.05, 0.1) is 5.92 Å². The Labute approximate surface area is 157 Å². The Kier molecular flexibility index (Phi) is 4.70. The molecule has 8 nitrogen and oxygen atoms in total. The zero-order valence-electron chi connectivity index (χ0n) is 15.6. The van der Waals surface area contributed by atoms with E-state index < -0.39 is 0 Å². The maximum atomic E-state index is 13.0. The molecule has 0 bridgehead atoms. The van der Waals surface area contributed by atoms with Crippen LogP contribution in [0.25, 0.3) is 11.2 Å². The van der Waals surface area contributed by atoms with E-state index in [0.717, 1.165) is 30.9 Å². The first-order valence-electron chi connectivity index (χ1n) is 9.28. The van der Waals surface area contributed by atoms with Crippen LogP contribution in [0.5, 0.6) is 0 Å². The lowest BCUT2D eigenvalue weighted by Gasteiger charge is -2.37. The summed E-state index contributed by atoms with van der Waals surface area (Å²) in [4.78, 5) is 25.8. The topological polar surface area (TPSA) is 80.0 Å². The minimum atomic E-state index is -0.0801. The second-order valence-electron chi connectivity index (χ2n) is 6.77. The Bertz CT molecular complexity index is 932. The highest BCUT2D eigenvalue weighted by Gasteiger charge is 2.28. The summed E-state index contributed by atoms with van der Waals surface area (Å²) in [5, 5.41) is 8.23. The van der Waals surface area contributed by atoms with E-state index in [-0.39, 0.29) is 11.8 Å². The van der Waals surface area contributed by atoms with E-state index in [4.69, 9.17) is 0 Å². The van der Waals surface area contributed by atoms with Crippen LogP contribution in [0.3, 0.4) is 0 Å². The number of hydrogen-bond donors (Lipinski definition) is 0. The van der Waals surface area contributed by atoms with Gasteiger partial charge in [0.15, 0.2) is 17.0 Å². The zero-order valence-corrected chi connectivity index (χ0v) is 15.6. The summed E-state index contributed by atoms with van der Waals surface area (Å²) in [6.07, 6.45) is 2.34. The predicted molar refractivity (Wildman–Crippen MR) is 102 cm³/mol. The van der Waals surface area contributed by atoms with E-state index >= 15 is 0 Å². The van der Waals surface area contributed by atoms with Crippen LogP contribution in [0.2, 0.25) is 0 Å².